The Kier molecular flexibility index (Phi) is 5.13. The van der Waals surface area contributed by atoms with Crippen LogP contribution < -0.4 is 5.32 Å². The number of benzene rings is 1. The second-order valence-electron chi connectivity index (χ2n) is 3.69. The molecule has 18 heavy (non-hydrogen) atoms. The summed E-state index contributed by atoms with van der Waals surface area (Å²) in [5, 5.41) is 20.7. The largest absolute Gasteiger partial charge is 0.508 e. The summed E-state index contributed by atoms with van der Waals surface area (Å²) in [5.74, 6) is -0.996. The predicted molar refractivity (Wildman–Crippen MR) is 62.8 cm³/mol. The number of amides is 1. The third kappa shape index (κ3) is 4.42. The molecule has 1 aromatic rings. The summed E-state index contributed by atoms with van der Waals surface area (Å²) >= 11 is 0. The quantitative estimate of drug-likeness (QED) is 0.620. The molecule has 0 spiro atoms. The molecule has 1 rings (SSSR count). The zero-order valence-corrected chi connectivity index (χ0v) is 9.92. The van der Waals surface area contributed by atoms with Gasteiger partial charge in [-0.3, -0.25) is 4.79 Å². The molecule has 98 valence electrons. The smallest absolute Gasteiger partial charge is 0.336 e. The van der Waals surface area contributed by atoms with Gasteiger partial charge in [0, 0.05) is 0 Å². The summed E-state index contributed by atoms with van der Waals surface area (Å²) in [6, 6.07) is 6.19. The van der Waals surface area contributed by atoms with Crippen molar-refractivity contribution >= 4 is 11.9 Å². The summed E-state index contributed by atoms with van der Waals surface area (Å²) < 4.78 is 4.31. The Bertz CT molecular complexity index is 415. The van der Waals surface area contributed by atoms with E-state index in [1.807, 2.05) is 0 Å². The van der Waals surface area contributed by atoms with Gasteiger partial charge in [0.1, 0.15) is 5.75 Å². The Hall–Kier alpha value is -2.08. The molecule has 0 heterocycles. The van der Waals surface area contributed by atoms with E-state index < -0.39 is 12.1 Å². The van der Waals surface area contributed by atoms with E-state index in [-0.39, 0.29) is 24.6 Å². The highest BCUT2D eigenvalue weighted by Gasteiger charge is 2.16. The number of carbonyl (C=O) groups is 2. The third-order valence-electron chi connectivity index (χ3n) is 2.27. The summed E-state index contributed by atoms with van der Waals surface area (Å²) in [6.07, 6.45) is -1.26. The summed E-state index contributed by atoms with van der Waals surface area (Å²) in [4.78, 5) is 22.3. The lowest BCUT2D eigenvalue weighted by Crippen LogP contribution is -2.37. The van der Waals surface area contributed by atoms with E-state index in [9.17, 15) is 14.7 Å². The normalized spacial score (nSPS) is 11.7. The van der Waals surface area contributed by atoms with E-state index in [2.05, 4.69) is 10.1 Å². The highest BCUT2D eigenvalue weighted by Crippen LogP contribution is 2.09. The van der Waals surface area contributed by atoms with Gasteiger partial charge in [-0.15, -0.1) is 0 Å². The van der Waals surface area contributed by atoms with E-state index in [4.69, 9.17) is 5.11 Å². The molecule has 0 radical (unpaired) electrons. The van der Waals surface area contributed by atoms with Crippen molar-refractivity contribution in [3.05, 3.63) is 29.8 Å². The summed E-state index contributed by atoms with van der Waals surface area (Å²) in [6.45, 7) is -0.191. The third-order valence-corrected chi connectivity index (χ3v) is 2.27. The van der Waals surface area contributed by atoms with Crippen molar-refractivity contribution in [1.82, 2.24) is 5.32 Å². The maximum atomic E-state index is 11.5. The van der Waals surface area contributed by atoms with Gasteiger partial charge in [-0.2, -0.15) is 0 Å². The molecule has 0 aliphatic heterocycles. The van der Waals surface area contributed by atoms with Gasteiger partial charge in [0.2, 0.25) is 5.91 Å². The molecule has 6 heteroatoms. The molecule has 1 aromatic carbocycles. The Balaban J connectivity index is 2.38. The average Bonchev–Trinajstić information content (AvgIpc) is 2.37. The Labute approximate surface area is 104 Å². The predicted octanol–water partition coefficient (Wildman–Crippen LogP) is -0.415. The van der Waals surface area contributed by atoms with Gasteiger partial charge in [0.15, 0.2) is 6.10 Å². The van der Waals surface area contributed by atoms with E-state index >= 15 is 0 Å². The van der Waals surface area contributed by atoms with Gasteiger partial charge in [-0.25, -0.2) is 4.79 Å². The van der Waals surface area contributed by atoms with Crippen molar-refractivity contribution in [3.63, 3.8) is 0 Å². The number of ether oxygens (including phenoxy) is 1. The number of esters is 1. The molecule has 0 aliphatic carbocycles. The van der Waals surface area contributed by atoms with Crippen molar-refractivity contribution in [3.8, 4) is 5.75 Å². The van der Waals surface area contributed by atoms with Crippen LogP contribution in [0.3, 0.4) is 0 Å². The van der Waals surface area contributed by atoms with Crippen LogP contribution in [0.2, 0.25) is 0 Å². The Morgan fingerprint density at radius 3 is 2.50 bits per heavy atom. The number of aliphatic hydroxyl groups excluding tert-OH is 1. The van der Waals surface area contributed by atoms with Crippen molar-refractivity contribution in [1.29, 1.82) is 0 Å². The molecule has 3 N–H and O–H groups in total. The van der Waals surface area contributed by atoms with E-state index in [0.29, 0.717) is 0 Å². The van der Waals surface area contributed by atoms with Crippen LogP contribution in [-0.2, 0) is 20.7 Å². The van der Waals surface area contributed by atoms with Crippen LogP contribution in [0.1, 0.15) is 5.56 Å². The van der Waals surface area contributed by atoms with E-state index in [1.54, 1.807) is 12.1 Å². The Morgan fingerprint density at radius 1 is 1.33 bits per heavy atom. The fourth-order valence-corrected chi connectivity index (χ4v) is 1.29. The molecule has 0 bridgehead atoms. The lowest BCUT2D eigenvalue weighted by molar-refractivity contribution is -0.150. The van der Waals surface area contributed by atoms with Crippen molar-refractivity contribution in [2.45, 2.75) is 12.5 Å². The average molecular weight is 253 g/mol. The van der Waals surface area contributed by atoms with Gasteiger partial charge >= 0.3 is 5.97 Å². The molecule has 1 atom stereocenters. The fourth-order valence-electron chi connectivity index (χ4n) is 1.29. The van der Waals surface area contributed by atoms with Gasteiger partial charge < -0.3 is 20.3 Å². The highest BCUT2D eigenvalue weighted by molar-refractivity contribution is 5.80. The number of rotatable bonds is 5. The number of phenolic OH excluding ortho intramolecular Hbond substituents is 1. The minimum atomic E-state index is -1.36. The molecule has 0 fully saturated rings. The molecule has 1 unspecified atom stereocenters. The van der Waals surface area contributed by atoms with Crippen LogP contribution in [0.5, 0.6) is 5.75 Å². The maximum absolute atomic E-state index is 11.5. The highest BCUT2D eigenvalue weighted by atomic mass is 16.5. The van der Waals surface area contributed by atoms with Gasteiger partial charge in [0.25, 0.3) is 0 Å². The number of carbonyl (C=O) groups excluding carboxylic acids is 2. The molecule has 0 aromatic heterocycles. The first-order valence-corrected chi connectivity index (χ1v) is 5.33. The first kappa shape index (κ1) is 14.0. The van der Waals surface area contributed by atoms with Crippen molar-refractivity contribution in [2.24, 2.45) is 0 Å². The maximum Gasteiger partial charge on any atom is 0.336 e. The number of hydrogen-bond donors (Lipinski definition) is 3. The monoisotopic (exact) mass is 253 g/mol. The summed E-state index contributed by atoms with van der Waals surface area (Å²) in [7, 11) is 1.16. The first-order chi connectivity index (χ1) is 8.52. The van der Waals surface area contributed by atoms with Crippen LogP contribution in [0.4, 0.5) is 0 Å². The van der Waals surface area contributed by atoms with Crippen LogP contribution in [0.15, 0.2) is 24.3 Å². The van der Waals surface area contributed by atoms with Crippen LogP contribution in [-0.4, -0.2) is 41.8 Å². The van der Waals surface area contributed by atoms with Crippen molar-refractivity contribution in [2.75, 3.05) is 13.7 Å². The molecule has 0 saturated carbocycles. The number of methoxy groups -OCH3 is 1. The van der Waals surface area contributed by atoms with Crippen molar-refractivity contribution < 1.29 is 24.5 Å². The van der Waals surface area contributed by atoms with E-state index in [1.165, 1.54) is 12.1 Å². The second-order valence-corrected chi connectivity index (χ2v) is 3.69. The van der Waals surface area contributed by atoms with Gasteiger partial charge in [0.05, 0.1) is 20.1 Å². The lowest BCUT2D eigenvalue weighted by Gasteiger charge is -2.09. The number of aromatic hydroxyl groups is 1. The van der Waals surface area contributed by atoms with Crippen LogP contribution in [0.25, 0.3) is 0 Å². The Morgan fingerprint density at radius 2 is 1.94 bits per heavy atom. The molecule has 1 amide bonds. The zero-order chi connectivity index (χ0) is 13.5. The molecular weight excluding hydrogens is 238 g/mol. The number of nitrogens with one attached hydrogen (secondary N) is 1. The SMILES string of the molecule is COC(=O)C(O)CNC(=O)Cc1ccc(O)cc1. The number of phenols is 1. The first-order valence-electron chi connectivity index (χ1n) is 5.33. The fraction of sp³-hybridized carbons (Fsp3) is 0.333. The van der Waals surface area contributed by atoms with E-state index in [0.717, 1.165) is 12.7 Å². The standard InChI is InChI=1S/C12H15NO5/c1-18-12(17)10(15)7-13-11(16)6-8-2-4-9(14)5-3-8/h2-5,10,14-15H,6-7H2,1H3,(H,13,16). The van der Waals surface area contributed by atoms with Gasteiger partial charge in [-0.1, -0.05) is 12.1 Å². The topological polar surface area (TPSA) is 95.9 Å². The molecule has 6 nitrogen and oxygen atoms in total. The molecule has 0 aliphatic rings. The lowest BCUT2D eigenvalue weighted by atomic mass is 10.1. The van der Waals surface area contributed by atoms with Crippen LogP contribution in [0, 0.1) is 0 Å². The minimum absolute atomic E-state index is 0.105. The minimum Gasteiger partial charge on any atom is -0.508 e. The molecular formula is C12H15NO5. The second kappa shape index (κ2) is 6.61. The number of aliphatic hydroxyl groups is 1. The zero-order valence-electron chi connectivity index (χ0n) is 9.92. The van der Waals surface area contributed by atoms with Gasteiger partial charge in [-0.05, 0) is 17.7 Å². The van der Waals surface area contributed by atoms with Crippen LogP contribution >= 0.6 is 0 Å². The molecule has 0 saturated heterocycles. The number of hydrogen-bond acceptors (Lipinski definition) is 5. The summed E-state index contributed by atoms with van der Waals surface area (Å²) in [5.41, 5.74) is 0.720.